The Morgan fingerprint density at radius 1 is 1.00 bits per heavy atom. The van der Waals surface area contributed by atoms with E-state index < -0.39 is 12.2 Å². The van der Waals surface area contributed by atoms with Gasteiger partial charge in [0.25, 0.3) is 0 Å². The fourth-order valence-electron chi connectivity index (χ4n) is 4.04. The van der Waals surface area contributed by atoms with Crippen LogP contribution in [0.4, 0.5) is 14.5 Å². The fraction of sp³-hybridized carbons (Fsp3) is 0.269. The van der Waals surface area contributed by atoms with E-state index in [1.165, 1.54) is 11.6 Å². The predicted molar refractivity (Wildman–Crippen MR) is 121 cm³/mol. The van der Waals surface area contributed by atoms with Crippen molar-refractivity contribution >= 4 is 11.6 Å². The highest BCUT2D eigenvalue weighted by Crippen LogP contribution is 2.35. The number of anilines is 1. The molecule has 0 radical (unpaired) electrons. The minimum atomic E-state index is -2.89. The molecule has 1 saturated heterocycles. The topological polar surface area (TPSA) is 41.6 Å². The van der Waals surface area contributed by atoms with Crippen molar-refractivity contribution in [2.75, 3.05) is 11.9 Å². The molecule has 0 bridgehead atoms. The second-order valence-electron chi connectivity index (χ2n) is 8.21. The van der Waals surface area contributed by atoms with Crippen LogP contribution in [0.15, 0.2) is 78.9 Å². The van der Waals surface area contributed by atoms with Gasteiger partial charge in [-0.15, -0.1) is 0 Å². The van der Waals surface area contributed by atoms with Crippen molar-refractivity contribution in [3.05, 3.63) is 95.6 Å². The molecule has 3 aromatic rings. The van der Waals surface area contributed by atoms with Gasteiger partial charge < -0.3 is 10.1 Å². The average Bonchev–Trinajstić information content (AvgIpc) is 2.78. The van der Waals surface area contributed by atoms with Gasteiger partial charge in [-0.2, -0.15) is 8.78 Å². The smallest absolute Gasteiger partial charge is 0.387 e. The van der Waals surface area contributed by atoms with Gasteiger partial charge >= 0.3 is 6.61 Å². The number of carbonyl (C=O) groups excluding carboxylic acids is 1. The Morgan fingerprint density at radius 3 is 2.34 bits per heavy atom. The van der Waals surface area contributed by atoms with Gasteiger partial charge in [-0.1, -0.05) is 66.7 Å². The number of likely N-dealkylation sites (tertiary alicyclic amines) is 1. The van der Waals surface area contributed by atoms with E-state index in [9.17, 15) is 13.6 Å². The molecule has 1 atom stereocenters. The first-order valence-corrected chi connectivity index (χ1v) is 10.7. The van der Waals surface area contributed by atoms with Crippen LogP contribution < -0.4 is 10.1 Å². The summed E-state index contributed by atoms with van der Waals surface area (Å²) >= 11 is 0. The van der Waals surface area contributed by atoms with Crippen LogP contribution in [0.3, 0.4) is 0 Å². The van der Waals surface area contributed by atoms with Gasteiger partial charge in [0.05, 0.1) is 5.54 Å². The number of halogens is 2. The molecule has 1 amide bonds. The lowest BCUT2D eigenvalue weighted by Crippen LogP contribution is -2.63. The predicted octanol–water partition coefficient (Wildman–Crippen LogP) is 5.48. The van der Waals surface area contributed by atoms with Crippen molar-refractivity contribution in [2.45, 2.75) is 38.5 Å². The zero-order valence-electron chi connectivity index (χ0n) is 17.9. The maximum Gasteiger partial charge on any atom is 0.387 e. The molecule has 0 aliphatic carbocycles. The number of benzene rings is 3. The molecule has 1 N–H and O–H groups in total. The summed E-state index contributed by atoms with van der Waals surface area (Å²) in [6.45, 7) is 0.0718. The third kappa shape index (κ3) is 4.81. The van der Waals surface area contributed by atoms with Crippen LogP contribution in [0, 0.1) is 0 Å². The van der Waals surface area contributed by atoms with E-state index in [1.54, 1.807) is 18.2 Å². The maximum absolute atomic E-state index is 13.3. The molecule has 1 aliphatic rings. The molecule has 0 aromatic heterocycles. The summed E-state index contributed by atoms with van der Waals surface area (Å²) in [6, 6.07) is 24.6. The van der Waals surface area contributed by atoms with E-state index in [1.807, 2.05) is 54.3 Å². The summed E-state index contributed by atoms with van der Waals surface area (Å²) in [7, 11) is 0. The standard InChI is InChI=1S/C26H26F2N2O2/c1-26(15-16-30(26)18-21-12-6-8-14-23(21)32-25(27)28)24(31)29-22-13-7-5-11-20(22)17-19-9-3-2-4-10-19/h2-14,25H,15-18H2,1H3,(H,29,31). The number of nitrogens with zero attached hydrogens (tertiary/aromatic N) is 1. The number of ether oxygens (including phenoxy) is 1. The molecule has 166 valence electrons. The zero-order valence-corrected chi connectivity index (χ0v) is 17.9. The lowest BCUT2D eigenvalue weighted by atomic mass is 9.84. The Bertz CT molecular complexity index is 1070. The van der Waals surface area contributed by atoms with Gasteiger partial charge in [0, 0.05) is 24.3 Å². The summed E-state index contributed by atoms with van der Waals surface area (Å²) in [5.41, 5.74) is 2.91. The molecule has 4 rings (SSSR count). The molecule has 32 heavy (non-hydrogen) atoms. The molecule has 4 nitrogen and oxygen atoms in total. The summed E-state index contributed by atoms with van der Waals surface area (Å²) in [6.07, 6.45) is 1.41. The SMILES string of the molecule is CC1(C(=O)Nc2ccccc2Cc2ccccc2)CCN1Cc1ccccc1OC(F)F. The third-order valence-electron chi connectivity index (χ3n) is 6.11. The quantitative estimate of drug-likeness (QED) is 0.508. The third-order valence-corrected chi connectivity index (χ3v) is 6.11. The number of carbonyl (C=O) groups is 1. The average molecular weight is 437 g/mol. The molecule has 0 saturated carbocycles. The summed E-state index contributed by atoms with van der Waals surface area (Å²) < 4.78 is 30.2. The second-order valence-corrected chi connectivity index (χ2v) is 8.21. The summed E-state index contributed by atoms with van der Waals surface area (Å²) in [4.78, 5) is 15.3. The number of para-hydroxylation sites is 2. The Labute approximate surface area is 186 Å². The normalized spacial score (nSPS) is 18.2. The van der Waals surface area contributed by atoms with Crippen LogP contribution in [0.25, 0.3) is 0 Å². The Kier molecular flexibility index (Phi) is 6.51. The van der Waals surface area contributed by atoms with Crippen molar-refractivity contribution in [3.63, 3.8) is 0 Å². The summed E-state index contributed by atoms with van der Waals surface area (Å²) in [5.74, 6) is 0.0434. The highest BCUT2D eigenvalue weighted by atomic mass is 19.3. The van der Waals surface area contributed by atoms with Gasteiger partial charge in [-0.3, -0.25) is 9.69 Å². The highest BCUT2D eigenvalue weighted by molar-refractivity contribution is 5.99. The minimum Gasteiger partial charge on any atom is -0.434 e. The Morgan fingerprint density at radius 2 is 1.66 bits per heavy atom. The molecule has 1 aliphatic heterocycles. The number of alkyl halides is 2. The molecule has 6 heteroatoms. The molecular weight excluding hydrogens is 410 g/mol. The van der Waals surface area contributed by atoms with Gasteiger partial charge in [0.15, 0.2) is 0 Å². The van der Waals surface area contributed by atoms with E-state index in [0.29, 0.717) is 25.1 Å². The maximum atomic E-state index is 13.3. The molecule has 1 heterocycles. The van der Waals surface area contributed by atoms with Crippen LogP contribution in [0.1, 0.15) is 30.0 Å². The first-order valence-electron chi connectivity index (χ1n) is 10.7. The van der Waals surface area contributed by atoms with E-state index in [-0.39, 0.29) is 11.7 Å². The summed E-state index contributed by atoms with van der Waals surface area (Å²) in [5, 5.41) is 3.10. The van der Waals surface area contributed by atoms with Gasteiger partial charge in [-0.25, -0.2) is 0 Å². The lowest BCUT2D eigenvalue weighted by molar-refractivity contribution is -0.136. The molecule has 0 spiro atoms. The van der Waals surface area contributed by atoms with E-state index in [2.05, 4.69) is 22.2 Å². The van der Waals surface area contributed by atoms with Crippen molar-refractivity contribution in [2.24, 2.45) is 0 Å². The Hall–Kier alpha value is -3.25. The molecule has 1 unspecified atom stereocenters. The van der Waals surface area contributed by atoms with Crippen molar-refractivity contribution in [1.29, 1.82) is 0 Å². The largest absolute Gasteiger partial charge is 0.434 e. The van der Waals surface area contributed by atoms with Crippen molar-refractivity contribution in [3.8, 4) is 5.75 Å². The van der Waals surface area contributed by atoms with Gasteiger partial charge in [0.1, 0.15) is 5.75 Å². The van der Waals surface area contributed by atoms with Crippen LogP contribution in [-0.2, 0) is 17.8 Å². The first kappa shape index (κ1) is 22.0. The van der Waals surface area contributed by atoms with Crippen LogP contribution in [0.5, 0.6) is 5.75 Å². The Balaban J connectivity index is 1.48. The van der Waals surface area contributed by atoms with Crippen LogP contribution in [-0.4, -0.2) is 29.5 Å². The zero-order chi connectivity index (χ0) is 22.6. The van der Waals surface area contributed by atoms with Crippen LogP contribution >= 0.6 is 0 Å². The van der Waals surface area contributed by atoms with E-state index >= 15 is 0 Å². The number of hydrogen-bond donors (Lipinski definition) is 1. The number of hydrogen-bond acceptors (Lipinski definition) is 3. The van der Waals surface area contributed by atoms with Crippen molar-refractivity contribution < 1.29 is 18.3 Å². The van der Waals surface area contributed by atoms with E-state index in [4.69, 9.17) is 0 Å². The second kappa shape index (κ2) is 9.49. The number of nitrogens with one attached hydrogen (secondary N) is 1. The molecule has 1 fully saturated rings. The highest BCUT2D eigenvalue weighted by Gasteiger charge is 2.47. The van der Waals surface area contributed by atoms with Crippen molar-refractivity contribution in [1.82, 2.24) is 4.90 Å². The monoisotopic (exact) mass is 436 g/mol. The van der Waals surface area contributed by atoms with E-state index in [0.717, 1.165) is 17.7 Å². The number of amides is 1. The minimum absolute atomic E-state index is 0.100. The lowest BCUT2D eigenvalue weighted by Gasteiger charge is -2.49. The van der Waals surface area contributed by atoms with Gasteiger partial charge in [-0.05, 0) is 43.0 Å². The van der Waals surface area contributed by atoms with Gasteiger partial charge in [0.2, 0.25) is 5.91 Å². The molecular formula is C26H26F2N2O2. The molecule has 3 aromatic carbocycles. The fourth-order valence-corrected chi connectivity index (χ4v) is 4.04. The van der Waals surface area contributed by atoms with Crippen LogP contribution in [0.2, 0.25) is 0 Å². The number of rotatable bonds is 8. The first-order chi connectivity index (χ1) is 15.5.